The van der Waals surface area contributed by atoms with Crippen molar-refractivity contribution in [3.63, 3.8) is 0 Å². The molecule has 2 aromatic carbocycles. The first-order chi connectivity index (χ1) is 15.6. The lowest BCUT2D eigenvalue weighted by molar-refractivity contribution is 0.347. The van der Waals surface area contributed by atoms with E-state index in [0.717, 1.165) is 48.4 Å². The quantitative estimate of drug-likeness (QED) is 0.273. The lowest BCUT2D eigenvalue weighted by atomic mass is 9.91. The molecular weight excluding hydrogens is 421 g/mol. The molecule has 32 heavy (non-hydrogen) atoms. The number of nitrogens with one attached hydrogen (secondary N) is 1. The zero-order valence-electron chi connectivity index (χ0n) is 18.7. The largest absolute Gasteiger partial charge is 0.301 e. The van der Waals surface area contributed by atoms with Gasteiger partial charge in [-0.15, -0.1) is 0 Å². The Morgan fingerprint density at radius 1 is 1.03 bits per heavy atom. The van der Waals surface area contributed by atoms with E-state index in [0.29, 0.717) is 17.9 Å². The number of aryl methyl sites for hydroxylation is 1. The third-order valence-corrected chi connectivity index (χ3v) is 7.59. The third kappa shape index (κ3) is 4.36. The van der Waals surface area contributed by atoms with Gasteiger partial charge in [0.25, 0.3) is 0 Å². The van der Waals surface area contributed by atoms with Crippen LogP contribution in [-0.2, 0) is 24.1 Å². The number of benzene rings is 2. The van der Waals surface area contributed by atoms with Gasteiger partial charge in [0.2, 0.25) is 0 Å². The van der Waals surface area contributed by atoms with E-state index in [-0.39, 0.29) is 5.82 Å². The molecule has 1 aromatic heterocycles. The van der Waals surface area contributed by atoms with Crippen LogP contribution in [0.3, 0.4) is 0 Å². The number of aromatic nitrogens is 2. The number of nitrogens with zero attached hydrogens (tertiary/aromatic N) is 2. The van der Waals surface area contributed by atoms with E-state index >= 15 is 0 Å². The van der Waals surface area contributed by atoms with Crippen molar-refractivity contribution >= 4 is 12.2 Å². The Balaban J connectivity index is 1.37. The molecular formula is C26H30FN3OS. The molecule has 3 aromatic rings. The molecule has 168 valence electrons. The Morgan fingerprint density at radius 3 is 2.50 bits per heavy atom. The molecule has 2 aliphatic rings. The molecule has 0 saturated heterocycles. The predicted octanol–water partition coefficient (Wildman–Crippen LogP) is 5.97. The van der Waals surface area contributed by atoms with Crippen LogP contribution in [0.1, 0.15) is 37.3 Å². The third-order valence-electron chi connectivity index (χ3n) is 6.94. The fourth-order valence-electron chi connectivity index (χ4n) is 5.28. The average molecular weight is 452 g/mol. The molecule has 0 aliphatic heterocycles. The molecule has 2 aliphatic carbocycles. The van der Waals surface area contributed by atoms with Crippen LogP contribution < -0.4 is 4.72 Å². The molecule has 2 bridgehead atoms. The Bertz CT molecular complexity index is 1080. The highest BCUT2D eigenvalue weighted by molar-refractivity contribution is 7.92. The molecule has 1 unspecified atom stereocenters. The predicted molar refractivity (Wildman–Crippen MR) is 128 cm³/mol. The van der Waals surface area contributed by atoms with Crippen molar-refractivity contribution in [2.24, 2.45) is 18.9 Å². The molecule has 5 rings (SSSR count). The van der Waals surface area contributed by atoms with E-state index in [1.165, 1.54) is 48.3 Å². The standard InChI is InChI=1S/C26H30FN3OS/c1-3-12-31-32-29-26-20-6-7-21(26)15-22-14-19(5-4-18(22)13-20)24-16-25(30(2)28-24)17-8-10-23(27)11-9-17/h4-5,8-11,14,16,20-21,26,29H,3,6-7,12-13,15H2,1-2H3/t20?,21-,26-/m1/s1. The van der Waals surface area contributed by atoms with Crippen molar-refractivity contribution in [3.05, 3.63) is 65.5 Å². The number of fused-ring (bicyclic) bond motifs is 3. The van der Waals surface area contributed by atoms with E-state index in [9.17, 15) is 4.39 Å². The number of hydrogen-bond acceptors (Lipinski definition) is 4. The van der Waals surface area contributed by atoms with Gasteiger partial charge in [0.1, 0.15) is 5.82 Å². The molecule has 1 heterocycles. The second kappa shape index (κ2) is 9.38. The van der Waals surface area contributed by atoms with Crippen molar-refractivity contribution in [2.45, 2.75) is 45.1 Å². The van der Waals surface area contributed by atoms with E-state index in [1.54, 1.807) is 12.1 Å². The lowest BCUT2D eigenvalue weighted by Crippen LogP contribution is -2.33. The van der Waals surface area contributed by atoms with Gasteiger partial charge < -0.3 is 4.18 Å². The minimum absolute atomic E-state index is 0.223. The summed E-state index contributed by atoms with van der Waals surface area (Å²) in [5.74, 6) is 1.09. The van der Waals surface area contributed by atoms with Gasteiger partial charge in [0.05, 0.1) is 30.2 Å². The Hall–Kier alpha value is -2.15. The maximum Gasteiger partial charge on any atom is 0.123 e. The molecule has 1 fully saturated rings. The minimum atomic E-state index is -0.223. The van der Waals surface area contributed by atoms with Crippen molar-refractivity contribution in [1.29, 1.82) is 0 Å². The van der Waals surface area contributed by atoms with Crippen LogP contribution in [0.15, 0.2) is 48.5 Å². The number of hydrogen-bond donors (Lipinski definition) is 1. The monoisotopic (exact) mass is 451 g/mol. The SMILES string of the molecule is CCCOSN[C@@H]1C2CC[C@@H]1Cc1cc(-c3cc(-c4ccc(F)cc4)n(C)n3)ccc1C2. The highest BCUT2D eigenvalue weighted by Gasteiger charge is 2.39. The van der Waals surface area contributed by atoms with Crippen LogP contribution >= 0.6 is 12.2 Å². The number of halogens is 1. The summed E-state index contributed by atoms with van der Waals surface area (Å²) in [6, 6.07) is 16.1. The fourth-order valence-corrected chi connectivity index (χ4v) is 6.09. The van der Waals surface area contributed by atoms with Gasteiger partial charge in [-0.05, 0) is 97.0 Å². The molecule has 4 nitrogen and oxygen atoms in total. The Morgan fingerprint density at radius 2 is 1.75 bits per heavy atom. The van der Waals surface area contributed by atoms with E-state index in [1.807, 2.05) is 11.7 Å². The summed E-state index contributed by atoms with van der Waals surface area (Å²) in [6.45, 7) is 2.92. The van der Waals surface area contributed by atoms with Crippen molar-refractivity contribution in [3.8, 4) is 22.5 Å². The summed E-state index contributed by atoms with van der Waals surface area (Å²) in [4.78, 5) is 0. The van der Waals surface area contributed by atoms with Crippen LogP contribution in [0.5, 0.6) is 0 Å². The van der Waals surface area contributed by atoms with E-state index in [4.69, 9.17) is 9.28 Å². The lowest BCUT2D eigenvalue weighted by Gasteiger charge is -2.22. The zero-order chi connectivity index (χ0) is 22.1. The summed E-state index contributed by atoms with van der Waals surface area (Å²) in [6.07, 6.45) is 5.83. The first kappa shape index (κ1) is 21.7. The van der Waals surface area contributed by atoms with Gasteiger partial charge in [-0.1, -0.05) is 19.1 Å². The van der Waals surface area contributed by atoms with Crippen LogP contribution in [0.2, 0.25) is 0 Å². The minimum Gasteiger partial charge on any atom is -0.301 e. The van der Waals surface area contributed by atoms with Crippen molar-refractivity contribution < 1.29 is 8.57 Å². The number of rotatable bonds is 7. The summed E-state index contributed by atoms with van der Waals surface area (Å²) >= 11 is 1.44. The van der Waals surface area contributed by atoms with Crippen LogP contribution in [0.4, 0.5) is 4.39 Å². The maximum atomic E-state index is 13.3. The molecule has 3 atom stereocenters. The Labute approximate surface area is 193 Å². The van der Waals surface area contributed by atoms with Gasteiger partial charge in [-0.2, -0.15) is 5.10 Å². The normalized spacial score (nSPS) is 22.0. The van der Waals surface area contributed by atoms with Crippen LogP contribution in [-0.4, -0.2) is 22.4 Å². The van der Waals surface area contributed by atoms with Crippen LogP contribution in [0.25, 0.3) is 22.5 Å². The van der Waals surface area contributed by atoms with Gasteiger partial charge in [0.15, 0.2) is 0 Å². The molecule has 0 radical (unpaired) electrons. The van der Waals surface area contributed by atoms with Crippen molar-refractivity contribution in [1.82, 2.24) is 14.5 Å². The van der Waals surface area contributed by atoms with Crippen molar-refractivity contribution in [2.75, 3.05) is 6.61 Å². The maximum absolute atomic E-state index is 13.3. The highest BCUT2D eigenvalue weighted by Crippen LogP contribution is 2.41. The summed E-state index contributed by atoms with van der Waals surface area (Å²) < 4.78 is 24.5. The molecule has 1 saturated carbocycles. The van der Waals surface area contributed by atoms with Crippen LogP contribution in [0, 0.1) is 17.7 Å². The first-order valence-electron chi connectivity index (χ1n) is 11.6. The average Bonchev–Trinajstić information content (AvgIpc) is 3.30. The van der Waals surface area contributed by atoms with Gasteiger partial charge in [0, 0.05) is 18.7 Å². The van der Waals surface area contributed by atoms with E-state index in [2.05, 4.69) is 35.9 Å². The summed E-state index contributed by atoms with van der Waals surface area (Å²) in [5, 5.41) is 4.76. The topological polar surface area (TPSA) is 39.1 Å². The van der Waals surface area contributed by atoms with Gasteiger partial charge in [-0.25, -0.2) is 9.11 Å². The molecule has 0 spiro atoms. The molecule has 6 heteroatoms. The smallest absolute Gasteiger partial charge is 0.123 e. The molecule has 0 amide bonds. The highest BCUT2D eigenvalue weighted by atomic mass is 32.2. The van der Waals surface area contributed by atoms with Gasteiger partial charge >= 0.3 is 0 Å². The Kier molecular flexibility index (Phi) is 6.35. The summed E-state index contributed by atoms with van der Waals surface area (Å²) in [5.41, 5.74) is 6.99. The zero-order valence-corrected chi connectivity index (χ0v) is 19.5. The second-order valence-corrected chi connectivity index (χ2v) is 9.72. The van der Waals surface area contributed by atoms with E-state index < -0.39 is 0 Å². The fraction of sp³-hybridized carbons (Fsp3) is 0.423. The first-order valence-corrected chi connectivity index (χ1v) is 12.3. The van der Waals surface area contributed by atoms with Gasteiger partial charge in [-0.3, -0.25) is 4.68 Å². The second-order valence-electron chi connectivity index (χ2n) is 9.08. The molecule has 1 N–H and O–H groups in total. The summed E-state index contributed by atoms with van der Waals surface area (Å²) in [7, 11) is 1.94.